The largest absolute Gasteiger partial charge is 0.463 e. The minimum absolute atomic E-state index is 0.280. The van der Waals surface area contributed by atoms with E-state index in [1.54, 1.807) is 6.92 Å². The van der Waals surface area contributed by atoms with E-state index in [0.717, 1.165) is 22.3 Å². The molecule has 1 unspecified atom stereocenters. The van der Waals surface area contributed by atoms with Crippen LogP contribution in [0, 0.1) is 13.8 Å². The Morgan fingerprint density at radius 1 is 1.19 bits per heavy atom. The molecule has 1 atom stereocenters. The van der Waals surface area contributed by atoms with Crippen LogP contribution < -0.4 is 11.1 Å². The second kappa shape index (κ2) is 7.44. The number of esters is 1. The van der Waals surface area contributed by atoms with E-state index in [1.165, 1.54) is 0 Å². The van der Waals surface area contributed by atoms with Crippen molar-refractivity contribution >= 4 is 17.6 Å². The van der Waals surface area contributed by atoms with Crippen LogP contribution in [0.25, 0.3) is 5.70 Å². The number of carbonyl (C=O) groups excluding carboxylic acids is 1. The maximum Gasteiger partial charge on any atom is 0.338 e. The first-order chi connectivity index (χ1) is 12.5. The molecule has 2 aromatic carbocycles. The Morgan fingerprint density at radius 3 is 2.58 bits per heavy atom. The van der Waals surface area contributed by atoms with Crippen LogP contribution in [0.5, 0.6) is 0 Å². The van der Waals surface area contributed by atoms with Crippen molar-refractivity contribution in [3.8, 4) is 0 Å². The second-order valence-electron chi connectivity index (χ2n) is 6.28. The van der Waals surface area contributed by atoms with Crippen molar-refractivity contribution in [1.82, 2.24) is 5.32 Å². The number of benzene rings is 2. The molecular weight excluding hydrogens is 326 g/mol. The number of guanidine groups is 1. The van der Waals surface area contributed by atoms with Gasteiger partial charge in [-0.1, -0.05) is 54.1 Å². The van der Waals surface area contributed by atoms with E-state index in [-0.39, 0.29) is 11.9 Å². The van der Waals surface area contributed by atoms with Gasteiger partial charge in [0, 0.05) is 0 Å². The highest BCUT2D eigenvalue weighted by molar-refractivity contribution is 6.04. The summed E-state index contributed by atoms with van der Waals surface area (Å²) in [6.45, 7) is 6.14. The molecule has 0 spiro atoms. The Balaban J connectivity index is 2.21. The van der Waals surface area contributed by atoms with Crippen LogP contribution in [-0.4, -0.2) is 18.5 Å². The topological polar surface area (TPSA) is 76.7 Å². The third-order valence-corrected chi connectivity index (χ3v) is 4.34. The molecule has 0 aromatic heterocycles. The summed E-state index contributed by atoms with van der Waals surface area (Å²) < 4.78 is 5.34. The number of aryl methyl sites for hydroxylation is 2. The van der Waals surface area contributed by atoms with Crippen LogP contribution in [0.15, 0.2) is 59.1 Å². The average molecular weight is 349 g/mol. The molecule has 134 valence electrons. The lowest BCUT2D eigenvalue weighted by molar-refractivity contribution is -0.138. The highest BCUT2D eigenvalue weighted by atomic mass is 16.5. The highest BCUT2D eigenvalue weighted by Gasteiger charge is 2.32. The van der Waals surface area contributed by atoms with E-state index in [0.29, 0.717) is 17.9 Å². The van der Waals surface area contributed by atoms with Crippen molar-refractivity contribution in [3.63, 3.8) is 0 Å². The fraction of sp³-hybridized carbons (Fsp3) is 0.238. The molecule has 3 rings (SSSR count). The number of ether oxygens (including phenoxy) is 1. The molecule has 1 aliphatic rings. The van der Waals surface area contributed by atoms with Crippen molar-refractivity contribution in [2.45, 2.75) is 26.8 Å². The first kappa shape index (κ1) is 17.7. The molecule has 1 heterocycles. The summed E-state index contributed by atoms with van der Waals surface area (Å²) in [7, 11) is 0. The molecule has 0 fully saturated rings. The standard InChI is InChI=1S/C21H23N3O2/c1-4-26-20(25)17-18(15-8-6-5-7-9-15)23-21(22)24-19(17)16-11-10-13(2)12-14(16)3/h5-12,19H,4H2,1-3H3,(H3,22,23,24). The molecule has 5 nitrogen and oxygen atoms in total. The first-order valence-corrected chi connectivity index (χ1v) is 8.65. The monoisotopic (exact) mass is 349 g/mol. The van der Waals surface area contributed by atoms with Crippen LogP contribution in [0.3, 0.4) is 0 Å². The molecule has 5 heteroatoms. The van der Waals surface area contributed by atoms with Crippen molar-refractivity contribution in [1.29, 1.82) is 0 Å². The third-order valence-electron chi connectivity index (χ3n) is 4.34. The van der Waals surface area contributed by atoms with E-state index in [2.05, 4.69) is 16.4 Å². The molecule has 0 aliphatic carbocycles. The van der Waals surface area contributed by atoms with Crippen LogP contribution in [0.2, 0.25) is 0 Å². The van der Waals surface area contributed by atoms with Gasteiger partial charge in [-0.05, 0) is 37.5 Å². The summed E-state index contributed by atoms with van der Waals surface area (Å²) in [5.74, 6) is -0.109. The van der Waals surface area contributed by atoms with Gasteiger partial charge in [0.25, 0.3) is 0 Å². The third kappa shape index (κ3) is 3.47. The quantitative estimate of drug-likeness (QED) is 0.831. The molecule has 0 saturated carbocycles. The maximum atomic E-state index is 12.8. The van der Waals surface area contributed by atoms with E-state index in [9.17, 15) is 4.79 Å². The van der Waals surface area contributed by atoms with Gasteiger partial charge in [0.2, 0.25) is 0 Å². The lowest BCUT2D eigenvalue weighted by Gasteiger charge is -2.27. The van der Waals surface area contributed by atoms with Gasteiger partial charge in [0.15, 0.2) is 5.96 Å². The van der Waals surface area contributed by atoms with Crippen molar-refractivity contribution in [2.75, 3.05) is 6.61 Å². The molecule has 0 radical (unpaired) electrons. The van der Waals surface area contributed by atoms with Gasteiger partial charge < -0.3 is 15.8 Å². The predicted molar refractivity (Wildman–Crippen MR) is 103 cm³/mol. The van der Waals surface area contributed by atoms with Gasteiger partial charge >= 0.3 is 5.97 Å². The van der Waals surface area contributed by atoms with Crippen LogP contribution in [0.1, 0.15) is 35.2 Å². The van der Waals surface area contributed by atoms with Gasteiger partial charge in [-0.15, -0.1) is 0 Å². The Labute approximate surface area is 153 Å². The van der Waals surface area contributed by atoms with Gasteiger partial charge in [0.05, 0.1) is 17.9 Å². The number of hydrogen-bond donors (Lipinski definition) is 2. The van der Waals surface area contributed by atoms with Gasteiger partial charge in [-0.25, -0.2) is 9.79 Å². The van der Waals surface area contributed by atoms with Crippen molar-refractivity contribution in [2.24, 2.45) is 10.7 Å². The lowest BCUT2D eigenvalue weighted by atomic mass is 9.90. The fourth-order valence-electron chi connectivity index (χ4n) is 3.18. The first-order valence-electron chi connectivity index (χ1n) is 8.65. The molecule has 1 aliphatic heterocycles. The van der Waals surface area contributed by atoms with Gasteiger partial charge in [-0.2, -0.15) is 0 Å². The Hall–Kier alpha value is -3.08. The number of nitrogens with zero attached hydrogens (tertiary/aromatic N) is 1. The minimum atomic E-state index is -0.508. The van der Waals surface area contributed by atoms with E-state index >= 15 is 0 Å². The lowest BCUT2D eigenvalue weighted by Crippen LogP contribution is -2.37. The molecule has 3 N–H and O–H groups in total. The van der Waals surface area contributed by atoms with Crippen molar-refractivity contribution < 1.29 is 9.53 Å². The molecule has 26 heavy (non-hydrogen) atoms. The average Bonchev–Trinajstić information content (AvgIpc) is 2.62. The van der Waals surface area contributed by atoms with Crippen molar-refractivity contribution in [3.05, 3.63) is 76.4 Å². The smallest absolute Gasteiger partial charge is 0.338 e. The fourth-order valence-corrected chi connectivity index (χ4v) is 3.18. The summed E-state index contributed by atoms with van der Waals surface area (Å²) >= 11 is 0. The summed E-state index contributed by atoms with van der Waals surface area (Å²) in [5.41, 5.74) is 11.2. The zero-order valence-corrected chi connectivity index (χ0v) is 15.2. The maximum absolute atomic E-state index is 12.8. The van der Waals surface area contributed by atoms with Crippen LogP contribution in [0.4, 0.5) is 0 Å². The van der Waals surface area contributed by atoms with E-state index in [4.69, 9.17) is 10.5 Å². The van der Waals surface area contributed by atoms with Crippen LogP contribution in [-0.2, 0) is 9.53 Å². The summed E-state index contributed by atoms with van der Waals surface area (Å²) in [6, 6.07) is 15.2. The SMILES string of the molecule is CCOC(=O)C1=C(c2ccccc2)NC(N)=NC1c1ccc(C)cc1C. The summed E-state index contributed by atoms with van der Waals surface area (Å²) in [5, 5.41) is 3.06. The van der Waals surface area contributed by atoms with E-state index < -0.39 is 6.04 Å². The Bertz CT molecular complexity index is 885. The number of nitrogens with one attached hydrogen (secondary N) is 1. The number of rotatable bonds is 4. The highest BCUT2D eigenvalue weighted by Crippen LogP contribution is 2.36. The predicted octanol–water partition coefficient (Wildman–Crippen LogP) is 3.24. The summed E-state index contributed by atoms with van der Waals surface area (Å²) in [6.07, 6.45) is 0. The Morgan fingerprint density at radius 2 is 1.92 bits per heavy atom. The molecule has 2 aromatic rings. The minimum Gasteiger partial charge on any atom is -0.463 e. The number of carbonyl (C=O) groups is 1. The number of nitrogens with two attached hydrogens (primary N) is 1. The molecular formula is C21H23N3O2. The Kier molecular flexibility index (Phi) is 5.07. The second-order valence-corrected chi connectivity index (χ2v) is 6.28. The zero-order valence-electron chi connectivity index (χ0n) is 15.2. The molecule has 0 saturated heterocycles. The number of hydrogen-bond acceptors (Lipinski definition) is 5. The number of aliphatic imine (C=N–C) groups is 1. The molecule has 0 amide bonds. The van der Waals surface area contributed by atoms with Gasteiger partial charge in [-0.3, -0.25) is 0 Å². The summed E-state index contributed by atoms with van der Waals surface area (Å²) in [4.78, 5) is 17.3. The van der Waals surface area contributed by atoms with E-state index in [1.807, 2.05) is 56.3 Å². The zero-order chi connectivity index (χ0) is 18.7. The normalized spacial score (nSPS) is 16.7. The van der Waals surface area contributed by atoms with Gasteiger partial charge in [0.1, 0.15) is 6.04 Å². The molecule has 0 bridgehead atoms. The van der Waals surface area contributed by atoms with Crippen LogP contribution >= 0.6 is 0 Å².